The van der Waals surface area contributed by atoms with E-state index < -0.39 is 0 Å². The van der Waals surface area contributed by atoms with Crippen LogP contribution in [-0.2, 0) is 4.79 Å². The van der Waals surface area contributed by atoms with Crippen LogP contribution in [0.1, 0.15) is 44.0 Å². The molecule has 21 heavy (non-hydrogen) atoms. The molecule has 1 fully saturated rings. The number of thiophene rings is 1. The molecule has 0 aromatic carbocycles. The van der Waals surface area contributed by atoms with Gasteiger partial charge in [-0.3, -0.25) is 9.69 Å². The summed E-state index contributed by atoms with van der Waals surface area (Å²) in [5, 5.41) is 3.01. The molecule has 2 rings (SSSR count). The molecular weight excluding hydrogens is 306 g/mol. The molecule has 6 heteroatoms. The summed E-state index contributed by atoms with van der Waals surface area (Å²) in [6.45, 7) is 5.62. The Balaban J connectivity index is 2.04. The van der Waals surface area contributed by atoms with Gasteiger partial charge in [0.25, 0.3) is 0 Å². The average molecular weight is 330 g/mol. The van der Waals surface area contributed by atoms with Gasteiger partial charge >= 0.3 is 0 Å². The molecule has 1 amide bonds. The zero-order chi connectivity index (χ0) is 15.4. The third-order valence-electron chi connectivity index (χ3n) is 4.09. The van der Waals surface area contributed by atoms with Crippen molar-refractivity contribution in [1.82, 2.24) is 10.2 Å². The second kappa shape index (κ2) is 7.58. The van der Waals surface area contributed by atoms with Crippen LogP contribution in [0.15, 0.2) is 12.1 Å². The van der Waals surface area contributed by atoms with E-state index in [-0.39, 0.29) is 18.0 Å². The molecule has 1 aliphatic heterocycles. The van der Waals surface area contributed by atoms with Crippen molar-refractivity contribution >= 4 is 28.8 Å². The lowest BCUT2D eigenvalue weighted by molar-refractivity contribution is -0.120. The lowest BCUT2D eigenvalue weighted by atomic mass is 9.97. The fourth-order valence-corrected chi connectivity index (χ4v) is 4.25. The Morgan fingerprint density at radius 2 is 2.19 bits per heavy atom. The summed E-state index contributed by atoms with van der Waals surface area (Å²) in [4.78, 5) is 14.8. The number of nitrogens with zero attached hydrogens (tertiary/aromatic N) is 1. The van der Waals surface area contributed by atoms with Gasteiger partial charge in [-0.05, 0) is 31.4 Å². The van der Waals surface area contributed by atoms with E-state index >= 15 is 0 Å². The van der Waals surface area contributed by atoms with Crippen molar-refractivity contribution < 1.29 is 4.79 Å². The van der Waals surface area contributed by atoms with Gasteiger partial charge in [0.15, 0.2) is 0 Å². The maximum absolute atomic E-state index is 11.1. The largest absolute Gasteiger partial charge is 0.354 e. The molecule has 0 saturated carbocycles. The molecular formula is C15H24ClN3OS. The fraction of sp³-hybridized carbons (Fsp3) is 0.667. The van der Waals surface area contributed by atoms with Crippen molar-refractivity contribution in [2.24, 2.45) is 5.73 Å². The van der Waals surface area contributed by atoms with Gasteiger partial charge in [0.05, 0.1) is 10.4 Å². The highest BCUT2D eigenvalue weighted by atomic mass is 35.5. The van der Waals surface area contributed by atoms with Crippen LogP contribution < -0.4 is 11.1 Å². The first-order valence-electron chi connectivity index (χ1n) is 7.53. The van der Waals surface area contributed by atoms with E-state index in [2.05, 4.69) is 23.2 Å². The van der Waals surface area contributed by atoms with Gasteiger partial charge < -0.3 is 11.1 Å². The fourth-order valence-electron chi connectivity index (χ4n) is 2.98. The second-order valence-corrected chi connectivity index (χ2v) is 7.42. The minimum absolute atomic E-state index is 0.0558. The number of nitrogens with two attached hydrogens (primary N) is 1. The van der Waals surface area contributed by atoms with E-state index in [1.54, 1.807) is 18.3 Å². The van der Waals surface area contributed by atoms with E-state index in [4.69, 9.17) is 17.3 Å². The lowest BCUT2D eigenvalue weighted by Crippen LogP contribution is -2.48. The van der Waals surface area contributed by atoms with E-state index in [0.717, 1.165) is 36.7 Å². The summed E-state index contributed by atoms with van der Waals surface area (Å²) in [6.07, 6.45) is 2.89. The standard InChI is InChI=1S/C15H24ClN3OS/c1-3-12(17)15(13-4-5-14(16)21-13)19-8-6-11(7-9-19)18-10(2)20/h4-5,11-12,15H,3,6-9,17H2,1-2H3,(H,18,20). The predicted octanol–water partition coefficient (Wildman–Crippen LogP) is 2.78. The lowest BCUT2D eigenvalue weighted by Gasteiger charge is -2.39. The minimum Gasteiger partial charge on any atom is -0.354 e. The molecule has 0 radical (unpaired) electrons. The molecule has 2 heterocycles. The van der Waals surface area contributed by atoms with Crippen molar-refractivity contribution in [3.05, 3.63) is 21.3 Å². The van der Waals surface area contributed by atoms with Crippen LogP contribution in [0.3, 0.4) is 0 Å². The maximum Gasteiger partial charge on any atom is 0.217 e. The van der Waals surface area contributed by atoms with Gasteiger partial charge in [0, 0.05) is 37.0 Å². The van der Waals surface area contributed by atoms with E-state index in [1.165, 1.54) is 4.88 Å². The summed E-state index contributed by atoms with van der Waals surface area (Å²) in [6, 6.07) is 4.67. The Hall–Kier alpha value is -0.620. The number of amides is 1. The Bertz CT molecular complexity index is 471. The zero-order valence-electron chi connectivity index (χ0n) is 12.6. The molecule has 1 aliphatic rings. The molecule has 4 nitrogen and oxygen atoms in total. The molecule has 1 aromatic rings. The molecule has 0 spiro atoms. The molecule has 1 saturated heterocycles. The predicted molar refractivity (Wildman–Crippen MR) is 88.7 cm³/mol. The molecule has 2 unspecified atom stereocenters. The normalized spacial score (nSPS) is 20.2. The van der Waals surface area contributed by atoms with Crippen LogP contribution in [-0.4, -0.2) is 36.0 Å². The highest BCUT2D eigenvalue weighted by Gasteiger charge is 2.30. The summed E-state index contributed by atoms with van der Waals surface area (Å²) >= 11 is 7.70. The van der Waals surface area contributed by atoms with E-state index in [1.807, 2.05) is 6.07 Å². The third-order valence-corrected chi connectivity index (χ3v) is 5.39. The van der Waals surface area contributed by atoms with Crippen LogP contribution in [0, 0.1) is 0 Å². The highest BCUT2D eigenvalue weighted by molar-refractivity contribution is 7.16. The quantitative estimate of drug-likeness (QED) is 0.873. The van der Waals surface area contributed by atoms with Gasteiger partial charge in [-0.2, -0.15) is 0 Å². The molecule has 3 N–H and O–H groups in total. The topological polar surface area (TPSA) is 58.4 Å². The Kier molecular flexibility index (Phi) is 6.05. The second-order valence-electron chi connectivity index (χ2n) is 5.67. The number of hydrogen-bond acceptors (Lipinski definition) is 4. The summed E-state index contributed by atoms with van der Waals surface area (Å²) < 4.78 is 0.812. The zero-order valence-corrected chi connectivity index (χ0v) is 14.2. The average Bonchev–Trinajstić information content (AvgIpc) is 2.86. The summed E-state index contributed by atoms with van der Waals surface area (Å²) in [5.74, 6) is 0.0558. The van der Waals surface area contributed by atoms with Crippen LogP contribution >= 0.6 is 22.9 Å². The number of likely N-dealkylation sites (tertiary alicyclic amines) is 1. The first-order valence-corrected chi connectivity index (χ1v) is 8.72. The number of rotatable bonds is 5. The summed E-state index contributed by atoms with van der Waals surface area (Å²) in [7, 11) is 0. The Morgan fingerprint density at radius 3 is 2.67 bits per heavy atom. The monoisotopic (exact) mass is 329 g/mol. The van der Waals surface area contributed by atoms with Crippen molar-refractivity contribution in [1.29, 1.82) is 0 Å². The van der Waals surface area contributed by atoms with Gasteiger partial charge in [-0.1, -0.05) is 18.5 Å². The number of hydrogen-bond donors (Lipinski definition) is 2. The van der Waals surface area contributed by atoms with Crippen LogP contribution in [0.2, 0.25) is 4.34 Å². The van der Waals surface area contributed by atoms with Gasteiger partial charge in [-0.15, -0.1) is 11.3 Å². The third kappa shape index (κ3) is 4.42. The van der Waals surface area contributed by atoms with Gasteiger partial charge in [0.2, 0.25) is 5.91 Å². The number of halogens is 1. The van der Waals surface area contributed by atoms with Crippen molar-refractivity contribution in [3.8, 4) is 0 Å². The minimum atomic E-state index is 0.0558. The first kappa shape index (κ1) is 16.7. The van der Waals surface area contributed by atoms with Crippen LogP contribution in [0.4, 0.5) is 0 Å². The van der Waals surface area contributed by atoms with E-state index in [0.29, 0.717) is 6.04 Å². The van der Waals surface area contributed by atoms with Gasteiger partial charge in [-0.25, -0.2) is 0 Å². The maximum atomic E-state index is 11.1. The number of carbonyl (C=O) groups is 1. The number of nitrogens with one attached hydrogen (secondary N) is 1. The highest BCUT2D eigenvalue weighted by Crippen LogP contribution is 2.34. The SMILES string of the molecule is CCC(N)C(c1ccc(Cl)s1)N1CCC(NC(C)=O)CC1. The van der Waals surface area contributed by atoms with Gasteiger partial charge in [0.1, 0.15) is 0 Å². The van der Waals surface area contributed by atoms with E-state index in [9.17, 15) is 4.79 Å². The first-order chi connectivity index (χ1) is 10.0. The Morgan fingerprint density at radius 1 is 1.52 bits per heavy atom. The van der Waals surface area contributed by atoms with Crippen molar-refractivity contribution in [2.75, 3.05) is 13.1 Å². The van der Waals surface area contributed by atoms with Crippen LogP contribution in [0.25, 0.3) is 0 Å². The van der Waals surface area contributed by atoms with Crippen molar-refractivity contribution in [2.45, 2.75) is 51.2 Å². The molecule has 0 aliphatic carbocycles. The molecule has 118 valence electrons. The molecule has 2 atom stereocenters. The number of carbonyl (C=O) groups excluding carboxylic acids is 1. The van der Waals surface area contributed by atoms with Crippen molar-refractivity contribution in [3.63, 3.8) is 0 Å². The Labute approximate surface area is 135 Å². The summed E-state index contributed by atoms with van der Waals surface area (Å²) in [5.41, 5.74) is 6.36. The number of piperidine rings is 1. The van der Waals surface area contributed by atoms with Crippen LogP contribution in [0.5, 0.6) is 0 Å². The molecule has 0 bridgehead atoms. The molecule has 1 aromatic heterocycles. The smallest absolute Gasteiger partial charge is 0.217 e.